The highest BCUT2D eigenvalue weighted by atomic mass is 16.7. The number of Topliss-reactive ketones (excluding diaryl/α,β-unsaturated/α-hetero) is 1. The van der Waals surface area contributed by atoms with Gasteiger partial charge in [0.2, 0.25) is 0 Å². The van der Waals surface area contributed by atoms with Crippen molar-refractivity contribution in [1.29, 1.82) is 0 Å². The van der Waals surface area contributed by atoms with Crippen LogP contribution < -0.4 is 5.32 Å². The minimum atomic E-state index is -1.48. The molecule has 13 heteroatoms. The maximum Gasteiger partial charge on any atom is 0.339 e. The van der Waals surface area contributed by atoms with Gasteiger partial charge in [-0.05, 0) is 142 Å². The Labute approximate surface area is 443 Å². The van der Waals surface area contributed by atoms with Gasteiger partial charge in [-0.25, -0.2) is 4.79 Å². The molecule has 2 spiro atoms. The predicted molar refractivity (Wildman–Crippen MR) is 277 cm³/mol. The number of benzene rings is 1. The van der Waals surface area contributed by atoms with Crippen molar-refractivity contribution in [1.82, 2.24) is 10.2 Å². The van der Waals surface area contributed by atoms with Crippen molar-refractivity contribution < 1.29 is 53.1 Å². The lowest BCUT2D eigenvalue weighted by molar-refractivity contribution is -0.276. The highest BCUT2D eigenvalue weighted by Crippen LogP contribution is 2.83. The number of ketones is 1. The van der Waals surface area contributed by atoms with Crippen LogP contribution in [0.5, 0.6) is 0 Å². The molecule has 10 fully saturated rings. The van der Waals surface area contributed by atoms with E-state index in [1.807, 2.05) is 12.1 Å². The van der Waals surface area contributed by atoms with E-state index < -0.39 is 69.9 Å². The predicted octanol–water partition coefficient (Wildman–Crippen LogP) is 8.42. The topological polar surface area (TPSA) is 181 Å². The van der Waals surface area contributed by atoms with E-state index in [4.69, 9.17) is 23.4 Å². The van der Waals surface area contributed by atoms with E-state index in [1.165, 1.54) is 37.7 Å². The van der Waals surface area contributed by atoms with Gasteiger partial charge in [0, 0.05) is 40.8 Å². The summed E-state index contributed by atoms with van der Waals surface area (Å²) in [4.78, 5) is 47.5. The van der Waals surface area contributed by atoms with E-state index in [-0.39, 0.29) is 61.0 Å². The van der Waals surface area contributed by atoms with E-state index in [0.29, 0.717) is 66.7 Å². The zero-order valence-electron chi connectivity index (χ0n) is 44.8. The lowest BCUT2D eigenvalue weighted by Crippen LogP contribution is -2.79. The molecule has 5 aliphatic carbocycles. The lowest BCUT2D eigenvalue weighted by Gasteiger charge is -2.70. The van der Waals surface area contributed by atoms with Crippen LogP contribution in [-0.2, 0) is 46.2 Å². The van der Waals surface area contributed by atoms with Crippen LogP contribution in [0.3, 0.4) is 0 Å². The van der Waals surface area contributed by atoms with Gasteiger partial charge in [-0.1, -0.05) is 95.2 Å². The summed E-state index contributed by atoms with van der Waals surface area (Å²) < 4.78 is 34.1. The van der Waals surface area contributed by atoms with Crippen molar-refractivity contribution in [2.75, 3.05) is 26.4 Å². The second kappa shape index (κ2) is 19.1. The molecule has 1 aromatic carbocycles. The molecule has 7 heterocycles. The zero-order chi connectivity index (χ0) is 51.6. The molecule has 5 saturated heterocycles. The molecule has 408 valence electrons. The van der Waals surface area contributed by atoms with Crippen LogP contribution in [0.2, 0.25) is 0 Å². The summed E-state index contributed by atoms with van der Waals surface area (Å²) in [5.41, 5.74) is -3.42. The third-order valence-corrected chi connectivity index (χ3v) is 23.5. The Hall–Kier alpha value is -3.59. The minimum absolute atomic E-state index is 0.0279. The molecule has 4 N–H and O–H groups in total. The van der Waals surface area contributed by atoms with Crippen LogP contribution in [-0.4, -0.2) is 106 Å². The highest BCUT2D eigenvalue weighted by Gasteiger charge is 2.93. The van der Waals surface area contributed by atoms with Crippen LogP contribution in [0.15, 0.2) is 59.4 Å². The maximum atomic E-state index is 16.4. The molecule has 0 amide bonds. The summed E-state index contributed by atoms with van der Waals surface area (Å²) in [6, 6.07) is 13.0. The van der Waals surface area contributed by atoms with E-state index in [9.17, 15) is 20.1 Å². The SMILES string of the molecule is CC(CCC1(C)OC2CC(=O)OCC23C1C(=O)C(O)C1(C2CCCC(Cc4ccccc4)C2)C3CCC2(C)C(c3ccoc3CC(C(O)CO)C3CCC4C(C=CN5CNCC45)C3)OC(=O)C3OC321)C1CCCCC1. The van der Waals surface area contributed by atoms with Crippen molar-refractivity contribution in [3.05, 3.63) is 71.8 Å². The van der Waals surface area contributed by atoms with Gasteiger partial charge < -0.3 is 43.6 Å². The number of hydrogen-bond acceptors (Lipinski definition) is 13. The van der Waals surface area contributed by atoms with Crippen molar-refractivity contribution in [2.24, 2.45) is 75.4 Å². The molecule has 5 saturated carbocycles. The van der Waals surface area contributed by atoms with Gasteiger partial charge in [0.05, 0.1) is 49.7 Å². The first kappa shape index (κ1) is 50.9. The summed E-state index contributed by atoms with van der Waals surface area (Å²) >= 11 is 0. The minimum Gasteiger partial charge on any atom is -0.469 e. The Morgan fingerprint density at radius 3 is 2.55 bits per heavy atom. The molecule has 13 rings (SSSR count). The molecule has 0 radical (unpaired) electrons. The Kier molecular flexibility index (Phi) is 12.9. The molecular weight excluding hydrogens is 949 g/mol. The van der Waals surface area contributed by atoms with E-state index >= 15 is 9.59 Å². The Morgan fingerprint density at radius 2 is 1.73 bits per heavy atom. The zero-order valence-corrected chi connectivity index (χ0v) is 44.8. The van der Waals surface area contributed by atoms with Crippen molar-refractivity contribution in [3.8, 4) is 0 Å². The maximum absolute atomic E-state index is 16.4. The largest absolute Gasteiger partial charge is 0.469 e. The first-order valence-electron chi connectivity index (χ1n) is 29.7. The van der Waals surface area contributed by atoms with Gasteiger partial charge in [0.25, 0.3) is 0 Å². The van der Waals surface area contributed by atoms with Crippen molar-refractivity contribution in [3.63, 3.8) is 0 Å². The van der Waals surface area contributed by atoms with Gasteiger partial charge in [-0.3, -0.25) is 14.9 Å². The smallest absolute Gasteiger partial charge is 0.339 e. The number of epoxide rings is 1. The monoisotopic (exact) mass is 1030 g/mol. The number of allylic oxidation sites excluding steroid dienone is 1. The van der Waals surface area contributed by atoms with Crippen molar-refractivity contribution >= 4 is 17.7 Å². The van der Waals surface area contributed by atoms with Gasteiger partial charge in [-0.15, -0.1) is 0 Å². The summed E-state index contributed by atoms with van der Waals surface area (Å²) in [7, 11) is 0. The molecule has 2 aromatic rings. The quantitative estimate of drug-likeness (QED) is 0.111. The fraction of sp³-hybridized carbons (Fsp3) is 0.758. The summed E-state index contributed by atoms with van der Waals surface area (Å²) in [5.74, 6) is 0.290. The second-order valence-corrected chi connectivity index (χ2v) is 26.8. The first-order valence-corrected chi connectivity index (χ1v) is 29.7. The molecule has 20 unspecified atom stereocenters. The molecule has 0 bridgehead atoms. The summed E-state index contributed by atoms with van der Waals surface area (Å²) in [5, 5.41) is 39.8. The fourth-order valence-electron chi connectivity index (χ4n) is 20.2. The van der Waals surface area contributed by atoms with Crippen LogP contribution in [0, 0.1) is 75.4 Å². The molecule has 13 nitrogen and oxygen atoms in total. The number of hydrogen-bond donors (Lipinski definition) is 4. The van der Waals surface area contributed by atoms with Gasteiger partial charge in [-0.2, -0.15) is 0 Å². The standard InChI is InChI=1S/C62H84N2O11/c1-36(39-14-8-5-9-15-39)19-24-59(3)53-52(68)54(69)61(42-16-10-13-38(28-42)27-37-11-6-4-7-12-37)49(60(53)34-72-51(67)31-50(60)74-59)20-23-58(2)55(73-57(70)56-62(58,61)75-56)44-22-26-71-48(44)30-45(47(66)33-65)40-17-18-43-41(29-40)21-25-64-35-63-32-46(43)64/h4,6-7,11-12,21-22,25-26,36,38-43,45-47,49-50,53-56,63,65-66,69H,5,8-10,13-20,23-24,27-35H2,1-3H3. The molecule has 20 atom stereocenters. The molecule has 75 heavy (non-hydrogen) atoms. The number of fused-ring (bicyclic) bond motifs is 4. The molecule has 11 aliphatic rings. The number of carbonyl (C=O) groups excluding carboxylic acids is 3. The summed E-state index contributed by atoms with van der Waals surface area (Å²) in [6.07, 6.45) is 17.8. The number of carbonyl (C=O) groups is 3. The number of furan rings is 1. The van der Waals surface area contributed by atoms with Gasteiger partial charge in [0.15, 0.2) is 11.9 Å². The molecule has 6 aliphatic heterocycles. The number of nitrogens with zero attached hydrogens (tertiary/aromatic N) is 1. The number of esters is 2. The average Bonchev–Trinajstić information content (AvgIpc) is 3.65. The number of ether oxygens (including phenoxy) is 4. The van der Waals surface area contributed by atoms with E-state index in [2.05, 4.69) is 67.5 Å². The number of cyclic esters (lactones) is 2. The third kappa shape index (κ3) is 7.59. The first-order chi connectivity index (χ1) is 36.3. The van der Waals surface area contributed by atoms with Crippen LogP contribution in [0.1, 0.15) is 153 Å². The van der Waals surface area contributed by atoms with Crippen LogP contribution >= 0.6 is 0 Å². The average molecular weight is 1030 g/mol. The van der Waals surface area contributed by atoms with Crippen LogP contribution in [0.25, 0.3) is 0 Å². The number of nitrogens with one attached hydrogen (secondary N) is 1. The summed E-state index contributed by atoms with van der Waals surface area (Å²) in [6.45, 7) is 8.10. The van der Waals surface area contributed by atoms with Crippen molar-refractivity contribution in [2.45, 2.75) is 191 Å². The molecule has 1 aromatic heterocycles. The van der Waals surface area contributed by atoms with E-state index in [0.717, 1.165) is 71.0 Å². The fourth-order valence-corrected chi connectivity index (χ4v) is 20.2. The van der Waals surface area contributed by atoms with Crippen LogP contribution in [0.4, 0.5) is 0 Å². The second-order valence-electron chi connectivity index (χ2n) is 26.8. The normalized spacial score (nSPS) is 45.1. The van der Waals surface area contributed by atoms with E-state index in [1.54, 1.807) is 6.26 Å². The molecular formula is C62H84N2O11. The Bertz CT molecular complexity index is 2510. The number of aliphatic hydroxyl groups is 3. The third-order valence-electron chi connectivity index (χ3n) is 23.5. The Balaban J connectivity index is 0.888. The number of rotatable bonds is 13. The number of aliphatic hydroxyl groups excluding tert-OH is 3. The lowest BCUT2D eigenvalue weighted by atomic mass is 9.32. The highest BCUT2D eigenvalue weighted by molar-refractivity contribution is 5.92. The van der Waals surface area contributed by atoms with Gasteiger partial charge in [0.1, 0.15) is 30.2 Å². The Morgan fingerprint density at radius 1 is 0.907 bits per heavy atom. The van der Waals surface area contributed by atoms with Gasteiger partial charge >= 0.3 is 11.9 Å².